The fourth-order valence-electron chi connectivity index (χ4n) is 6.96. The number of carboxylic acids is 8. The van der Waals surface area contributed by atoms with E-state index >= 15 is 0 Å². The van der Waals surface area contributed by atoms with Crippen molar-refractivity contribution in [2.45, 2.75) is 13.1 Å². The van der Waals surface area contributed by atoms with Crippen LogP contribution in [-0.2, 0) is 70.5 Å². The second-order valence-electron chi connectivity index (χ2n) is 15.5. The van der Waals surface area contributed by atoms with Crippen molar-refractivity contribution in [1.29, 1.82) is 0 Å². The lowest BCUT2D eigenvalue weighted by Crippen LogP contribution is -2.38. The summed E-state index contributed by atoms with van der Waals surface area (Å²) >= 11 is 0. The number of rotatable bonds is 38. The number of carbonyl (C=O) groups is 11. The minimum Gasteiger partial charge on any atom is -0.491 e. The average molecular weight is 1040 g/mol. The van der Waals surface area contributed by atoms with Gasteiger partial charge in [-0.3, -0.25) is 77.2 Å². The van der Waals surface area contributed by atoms with E-state index in [1.54, 1.807) is 0 Å². The van der Waals surface area contributed by atoms with Gasteiger partial charge >= 0.3 is 53.4 Å². The molecule has 73 heavy (non-hydrogen) atoms. The van der Waals surface area contributed by atoms with Crippen LogP contribution in [0.5, 0.6) is 11.5 Å². The molecule has 1 aromatic heterocycles. The summed E-state index contributed by atoms with van der Waals surface area (Å²) in [5.74, 6) is -15.3. The molecular weight excluding hydrogens is 988 g/mol. The molecule has 0 spiro atoms. The zero-order valence-electron chi connectivity index (χ0n) is 38.6. The van der Waals surface area contributed by atoms with Crippen molar-refractivity contribution in [2.75, 3.05) is 118 Å². The van der Waals surface area contributed by atoms with Crippen LogP contribution in [0.15, 0.2) is 27.4 Å². The van der Waals surface area contributed by atoms with Crippen LogP contribution in [0.25, 0.3) is 11.0 Å². The van der Waals surface area contributed by atoms with Crippen LogP contribution in [0, 0.1) is 0 Å². The zero-order chi connectivity index (χ0) is 54.4. The Labute approximate surface area is 410 Å². The second-order valence-corrected chi connectivity index (χ2v) is 15.5. The number of fused-ring (bicyclic) bond motifs is 1. The number of hydrogen-bond acceptors (Lipinski definition) is 21. The standard InChI is InChI=1S/C42H52N6O25/c49-28-1-2-29(50)48(28)6-8-70-12-11-69-7-3-43-41(67)25-13-24-38(71-9-4-44(16-30(51)52)17-31(53)54)26(14-46(20-34(59)60)21-35(61)62)39(72-10-5-45(18-32(55)56)19-33(57)58)27(40(24)73-42(25)68)15-47(22-36(63)64)23-37(65)66/h1-2,13H,3-12,14-23H2,(H,43,67)(H,51,52)(H,53,54)(H,55,56)(H,57,58)(H,59,60)(H,61,62)(H,63,64)(H,65,66). The first-order valence-corrected chi connectivity index (χ1v) is 21.5. The quantitative estimate of drug-likeness (QED) is 0.0176. The molecule has 0 saturated heterocycles. The fraction of sp³-hybridized carbons (Fsp3) is 0.476. The number of carbonyl (C=O) groups excluding carboxylic acids is 3. The molecular formula is C42H52N6O25. The first kappa shape index (κ1) is 59.2. The van der Waals surface area contributed by atoms with Crippen LogP contribution in [0.3, 0.4) is 0 Å². The Hall–Kier alpha value is -8.10. The molecule has 1 aliphatic heterocycles. The summed E-state index contributed by atoms with van der Waals surface area (Å²) in [7, 11) is 0. The van der Waals surface area contributed by atoms with E-state index < -0.39 is 196 Å². The summed E-state index contributed by atoms with van der Waals surface area (Å²) in [6.45, 7) is -12.0. The molecule has 2 heterocycles. The molecule has 2 aromatic rings. The summed E-state index contributed by atoms with van der Waals surface area (Å²) in [6, 6.07) is 0.897. The molecule has 0 atom stereocenters. The highest BCUT2D eigenvalue weighted by atomic mass is 16.5. The third-order valence-electron chi connectivity index (χ3n) is 9.74. The van der Waals surface area contributed by atoms with Crippen molar-refractivity contribution in [1.82, 2.24) is 29.8 Å². The van der Waals surface area contributed by atoms with Crippen LogP contribution in [0.4, 0.5) is 0 Å². The highest BCUT2D eigenvalue weighted by Gasteiger charge is 2.31. The Bertz CT molecular complexity index is 2410. The van der Waals surface area contributed by atoms with E-state index in [0.717, 1.165) is 42.7 Å². The van der Waals surface area contributed by atoms with E-state index in [2.05, 4.69) is 5.32 Å². The maximum absolute atomic E-state index is 13.8. The number of nitrogens with zero attached hydrogens (tertiary/aromatic N) is 5. The number of imide groups is 1. The van der Waals surface area contributed by atoms with Crippen LogP contribution in [0.1, 0.15) is 21.5 Å². The number of amides is 3. The topological polar surface area (TPSA) is 445 Å². The molecule has 0 bridgehead atoms. The highest BCUT2D eigenvalue weighted by molar-refractivity contribution is 6.12. The molecule has 1 aliphatic rings. The normalized spacial score (nSPS) is 12.3. The van der Waals surface area contributed by atoms with E-state index in [-0.39, 0.29) is 45.1 Å². The number of hydrogen-bond donors (Lipinski definition) is 9. The number of nitrogens with one attached hydrogen (secondary N) is 1. The summed E-state index contributed by atoms with van der Waals surface area (Å²) in [5, 5.41) is 78.9. The largest absolute Gasteiger partial charge is 0.491 e. The van der Waals surface area contributed by atoms with Gasteiger partial charge in [-0.15, -0.1) is 0 Å². The third kappa shape index (κ3) is 20.6. The molecule has 3 amide bonds. The first-order chi connectivity index (χ1) is 34.4. The lowest BCUT2D eigenvalue weighted by molar-refractivity contribution is -0.144. The van der Waals surface area contributed by atoms with Gasteiger partial charge in [0.15, 0.2) is 0 Å². The highest BCUT2D eigenvalue weighted by Crippen LogP contribution is 2.43. The van der Waals surface area contributed by atoms with Gasteiger partial charge in [0.05, 0.1) is 102 Å². The number of aliphatic carboxylic acids is 8. The van der Waals surface area contributed by atoms with Gasteiger partial charge < -0.3 is 69.5 Å². The van der Waals surface area contributed by atoms with Crippen molar-refractivity contribution in [2.24, 2.45) is 0 Å². The fourth-order valence-corrected chi connectivity index (χ4v) is 6.96. The van der Waals surface area contributed by atoms with Gasteiger partial charge in [0, 0.05) is 44.9 Å². The van der Waals surface area contributed by atoms with Crippen molar-refractivity contribution in [3.63, 3.8) is 0 Å². The van der Waals surface area contributed by atoms with Crippen molar-refractivity contribution in [3.05, 3.63) is 45.3 Å². The minimum atomic E-state index is -1.58. The smallest absolute Gasteiger partial charge is 0.349 e. The molecule has 1 aromatic carbocycles. The van der Waals surface area contributed by atoms with Gasteiger partial charge in [-0.1, -0.05) is 0 Å². The summed E-state index contributed by atoms with van der Waals surface area (Å²) in [6.07, 6.45) is 2.23. The molecule has 0 saturated carbocycles. The molecule has 400 valence electrons. The SMILES string of the molecule is O=C(O)CN(CCOc1c(CN(CC(=O)O)CC(=O)O)c(OCCN(CC(=O)O)CC(=O)O)c2cc(C(=O)NCCOCCOCCN3C(=O)C=CC3=O)c(=O)oc2c1CN(CC(=O)O)CC(=O)O)CC(=O)O. The van der Waals surface area contributed by atoms with Crippen LogP contribution in [-0.4, -0.2) is 249 Å². The van der Waals surface area contributed by atoms with Gasteiger partial charge in [-0.25, -0.2) is 4.79 Å². The van der Waals surface area contributed by atoms with Crippen LogP contribution in [0.2, 0.25) is 0 Å². The molecule has 0 fully saturated rings. The summed E-state index contributed by atoms with van der Waals surface area (Å²) < 4.78 is 28.7. The second kappa shape index (κ2) is 29.3. The van der Waals surface area contributed by atoms with Gasteiger partial charge in [-0.2, -0.15) is 0 Å². The van der Waals surface area contributed by atoms with Crippen molar-refractivity contribution >= 4 is 76.4 Å². The molecule has 0 aliphatic carbocycles. The maximum Gasteiger partial charge on any atom is 0.349 e. The maximum atomic E-state index is 13.8. The third-order valence-corrected chi connectivity index (χ3v) is 9.74. The molecule has 31 heteroatoms. The zero-order valence-corrected chi connectivity index (χ0v) is 38.6. The molecule has 0 radical (unpaired) electrons. The van der Waals surface area contributed by atoms with E-state index in [9.17, 15) is 98.4 Å². The van der Waals surface area contributed by atoms with E-state index in [1.165, 1.54) is 0 Å². The Morgan fingerprint density at radius 1 is 0.507 bits per heavy atom. The monoisotopic (exact) mass is 1040 g/mol. The van der Waals surface area contributed by atoms with Gasteiger partial charge in [0.1, 0.15) is 35.9 Å². The molecule has 9 N–H and O–H groups in total. The Balaban J connectivity index is 2.26. The predicted octanol–water partition coefficient (Wildman–Crippen LogP) is -3.88. The lowest BCUT2D eigenvalue weighted by atomic mass is 9.99. The van der Waals surface area contributed by atoms with Gasteiger partial charge in [-0.05, 0) is 6.07 Å². The van der Waals surface area contributed by atoms with E-state index in [1.807, 2.05) is 0 Å². The Kier molecular flexibility index (Phi) is 23.8. The number of benzene rings is 1. The summed E-state index contributed by atoms with van der Waals surface area (Å²) in [5.41, 5.74) is -3.56. The van der Waals surface area contributed by atoms with E-state index in [4.69, 9.17) is 23.4 Å². The number of carboxylic acid groups (broad SMARTS) is 8. The Morgan fingerprint density at radius 2 is 0.904 bits per heavy atom. The molecule has 3 rings (SSSR count). The van der Waals surface area contributed by atoms with Crippen molar-refractivity contribution in [3.8, 4) is 11.5 Å². The van der Waals surface area contributed by atoms with Gasteiger partial charge in [0.2, 0.25) is 0 Å². The summed E-state index contributed by atoms with van der Waals surface area (Å²) in [4.78, 5) is 150. The minimum absolute atomic E-state index is 0.00480. The predicted molar refractivity (Wildman–Crippen MR) is 238 cm³/mol. The lowest BCUT2D eigenvalue weighted by Gasteiger charge is -2.28. The molecule has 31 nitrogen and oxygen atoms in total. The van der Waals surface area contributed by atoms with Crippen molar-refractivity contribution < 1.29 is 117 Å². The first-order valence-electron chi connectivity index (χ1n) is 21.5. The average Bonchev–Trinajstić information content (AvgIpc) is 3.58. The number of ether oxygens (including phenoxy) is 4. The van der Waals surface area contributed by atoms with Crippen LogP contribution >= 0.6 is 0 Å². The molecule has 0 unspecified atom stereocenters. The van der Waals surface area contributed by atoms with Gasteiger partial charge in [0.25, 0.3) is 17.7 Å². The van der Waals surface area contributed by atoms with Crippen LogP contribution < -0.4 is 20.4 Å². The van der Waals surface area contributed by atoms with E-state index in [0.29, 0.717) is 0 Å². The Morgan fingerprint density at radius 3 is 1.34 bits per heavy atom.